The second-order valence-electron chi connectivity index (χ2n) is 4.88. The molecule has 0 atom stereocenters. The molecule has 3 rings (SSSR count). The Kier molecular flexibility index (Phi) is 3.92. The predicted octanol–water partition coefficient (Wildman–Crippen LogP) is 3.69. The molecule has 1 aromatic heterocycles. The summed E-state index contributed by atoms with van der Waals surface area (Å²) in [5.74, 6) is 0.143. The molecule has 0 fully saturated rings. The van der Waals surface area contributed by atoms with Crippen molar-refractivity contribution in [3.05, 3.63) is 84.2 Å². The minimum atomic E-state index is 0.143. The van der Waals surface area contributed by atoms with Gasteiger partial charge in [0, 0.05) is 24.4 Å². The van der Waals surface area contributed by atoms with Crippen LogP contribution in [0.3, 0.4) is 0 Å². The van der Waals surface area contributed by atoms with Crippen molar-refractivity contribution in [2.24, 2.45) is 0 Å². The minimum Gasteiger partial charge on any atom is -0.294 e. The lowest BCUT2D eigenvalue weighted by Gasteiger charge is -2.08. The Balaban J connectivity index is 1.79. The van der Waals surface area contributed by atoms with E-state index in [0.717, 1.165) is 17.7 Å². The Morgan fingerprint density at radius 2 is 1.71 bits per heavy atom. The van der Waals surface area contributed by atoms with Crippen LogP contribution in [0.1, 0.15) is 22.3 Å². The smallest absolute Gasteiger partial charge is 0.165 e. The monoisotopic (exact) mass is 276 g/mol. The summed E-state index contributed by atoms with van der Waals surface area (Å²) in [6.45, 7) is 0. The van der Waals surface area contributed by atoms with Crippen LogP contribution < -0.4 is 0 Å². The molecule has 0 unspecified atom stereocenters. The van der Waals surface area contributed by atoms with Gasteiger partial charge in [0.1, 0.15) is 0 Å². The number of rotatable bonds is 5. The lowest BCUT2D eigenvalue weighted by Crippen LogP contribution is -2.07. The quantitative estimate of drug-likeness (QED) is 0.666. The van der Waals surface area contributed by atoms with E-state index in [1.807, 2.05) is 66.9 Å². The predicted molar refractivity (Wildman–Crippen MR) is 82.7 cm³/mol. The Hall–Kier alpha value is -2.68. The summed E-state index contributed by atoms with van der Waals surface area (Å²) in [5, 5.41) is 4.21. The van der Waals surface area contributed by atoms with Crippen molar-refractivity contribution >= 4 is 5.78 Å². The number of carbonyl (C=O) groups excluding carboxylic acids is 1. The molecular weight excluding hydrogens is 260 g/mol. The third-order valence-electron chi connectivity index (χ3n) is 3.44. The molecule has 3 heteroatoms. The first-order chi connectivity index (χ1) is 10.3. The van der Waals surface area contributed by atoms with E-state index in [1.165, 1.54) is 5.56 Å². The molecule has 3 aromatic rings. The van der Waals surface area contributed by atoms with Gasteiger partial charge in [-0.3, -0.25) is 4.79 Å². The highest BCUT2D eigenvalue weighted by atomic mass is 16.1. The van der Waals surface area contributed by atoms with Crippen LogP contribution in [0.4, 0.5) is 0 Å². The van der Waals surface area contributed by atoms with Gasteiger partial charge in [0.15, 0.2) is 5.78 Å². The molecule has 21 heavy (non-hydrogen) atoms. The molecule has 1 heterocycles. The summed E-state index contributed by atoms with van der Waals surface area (Å²) in [6, 6.07) is 19.5. The lowest BCUT2D eigenvalue weighted by atomic mass is 10.0. The van der Waals surface area contributed by atoms with Crippen molar-refractivity contribution in [3.63, 3.8) is 0 Å². The maximum Gasteiger partial charge on any atom is 0.165 e. The first-order valence-electron chi connectivity index (χ1n) is 7.01. The molecule has 0 aliphatic heterocycles. The van der Waals surface area contributed by atoms with E-state index < -0.39 is 0 Å². The van der Waals surface area contributed by atoms with Gasteiger partial charge in [-0.15, -0.1) is 0 Å². The topological polar surface area (TPSA) is 34.9 Å². The van der Waals surface area contributed by atoms with Gasteiger partial charge in [0.05, 0.1) is 5.69 Å². The van der Waals surface area contributed by atoms with E-state index in [0.29, 0.717) is 6.42 Å². The van der Waals surface area contributed by atoms with Gasteiger partial charge in [-0.05, 0) is 30.2 Å². The third-order valence-corrected chi connectivity index (χ3v) is 3.44. The molecular formula is C18H16N2O. The number of benzene rings is 2. The summed E-state index contributed by atoms with van der Waals surface area (Å²) in [7, 11) is 0. The number of ketones is 1. The van der Waals surface area contributed by atoms with Crippen LogP contribution in [0, 0.1) is 0 Å². The Labute approximate surface area is 123 Å². The maximum absolute atomic E-state index is 12.5. The van der Waals surface area contributed by atoms with Crippen LogP contribution in [0.5, 0.6) is 0 Å². The number of hydrogen-bond acceptors (Lipinski definition) is 2. The van der Waals surface area contributed by atoms with E-state index in [4.69, 9.17) is 0 Å². The lowest BCUT2D eigenvalue weighted by molar-refractivity contribution is 0.0982. The van der Waals surface area contributed by atoms with Crippen molar-refractivity contribution in [2.45, 2.75) is 12.8 Å². The highest BCUT2D eigenvalue weighted by Crippen LogP contribution is 2.16. The molecule has 0 aliphatic rings. The number of para-hydroxylation sites is 1. The van der Waals surface area contributed by atoms with Crippen LogP contribution in [-0.2, 0) is 6.42 Å². The van der Waals surface area contributed by atoms with Gasteiger partial charge in [-0.2, -0.15) is 5.10 Å². The molecule has 0 aliphatic carbocycles. The zero-order chi connectivity index (χ0) is 14.5. The first kappa shape index (κ1) is 13.3. The number of carbonyl (C=O) groups is 1. The van der Waals surface area contributed by atoms with Crippen molar-refractivity contribution in [3.8, 4) is 5.69 Å². The van der Waals surface area contributed by atoms with Gasteiger partial charge in [0.2, 0.25) is 0 Å². The average Bonchev–Trinajstić information content (AvgIpc) is 3.08. The maximum atomic E-state index is 12.5. The fourth-order valence-electron chi connectivity index (χ4n) is 2.36. The zero-order valence-corrected chi connectivity index (χ0v) is 11.6. The Bertz CT molecular complexity index is 718. The Morgan fingerprint density at radius 1 is 0.952 bits per heavy atom. The summed E-state index contributed by atoms with van der Waals surface area (Å²) in [4.78, 5) is 12.5. The molecule has 0 amide bonds. The van der Waals surface area contributed by atoms with E-state index in [-0.39, 0.29) is 5.78 Å². The number of nitrogens with zero attached hydrogens (tertiary/aromatic N) is 2. The molecule has 0 radical (unpaired) electrons. The number of aryl methyl sites for hydroxylation is 1. The molecule has 0 saturated carbocycles. The third kappa shape index (κ3) is 3.08. The zero-order valence-electron chi connectivity index (χ0n) is 11.6. The fourth-order valence-corrected chi connectivity index (χ4v) is 2.36. The van der Waals surface area contributed by atoms with Gasteiger partial charge in [-0.25, -0.2) is 4.68 Å². The molecule has 0 spiro atoms. The molecule has 3 nitrogen and oxygen atoms in total. The second kappa shape index (κ2) is 6.18. The largest absolute Gasteiger partial charge is 0.294 e. The molecule has 0 bridgehead atoms. The van der Waals surface area contributed by atoms with Crippen LogP contribution in [0.25, 0.3) is 5.69 Å². The van der Waals surface area contributed by atoms with E-state index in [1.54, 1.807) is 10.9 Å². The number of hydrogen-bond donors (Lipinski definition) is 0. The van der Waals surface area contributed by atoms with Gasteiger partial charge in [0.25, 0.3) is 0 Å². The van der Waals surface area contributed by atoms with Crippen molar-refractivity contribution < 1.29 is 4.79 Å². The summed E-state index contributed by atoms with van der Waals surface area (Å²) < 4.78 is 1.73. The minimum absolute atomic E-state index is 0.143. The fraction of sp³-hybridized carbons (Fsp3) is 0.111. The number of Topliss-reactive ketones (excluding diaryl/α,β-unsaturated/α-hetero) is 1. The van der Waals surface area contributed by atoms with Gasteiger partial charge >= 0.3 is 0 Å². The molecule has 2 aromatic carbocycles. The molecule has 0 N–H and O–H groups in total. The highest BCUT2D eigenvalue weighted by molar-refractivity contribution is 5.99. The van der Waals surface area contributed by atoms with Crippen molar-refractivity contribution in [2.75, 3.05) is 0 Å². The SMILES string of the molecule is O=C(CCc1ccccc1)c1ccccc1-n1cccn1. The van der Waals surface area contributed by atoms with Crippen LogP contribution >= 0.6 is 0 Å². The summed E-state index contributed by atoms with van der Waals surface area (Å²) >= 11 is 0. The number of aromatic nitrogens is 2. The van der Waals surface area contributed by atoms with Gasteiger partial charge < -0.3 is 0 Å². The second-order valence-corrected chi connectivity index (χ2v) is 4.88. The van der Waals surface area contributed by atoms with Crippen LogP contribution in [-0.4, -0.2) is 15.6 Å². The van der Waals surface area contributed by atoms with E-state index in [9.17, 15) is 4.79 Å². The normalized spacial score (nSPS) is 10.5. The molecule has 0 saturated heterocycles. The van der Waals surface area contributed by atoms with E-state index >= 15 is 0 Å². The van der Waals surface area contributed by atoms with Crippen LogP contribution in [0.2, 0.25) is 0 Å². The summed E-state index contributed by atoms with van der Waals surface area (Å²) in [6.07, 6.45) is 4.82. The van der Waals surface area contributed by atoms with Crippen molar-refractivity contribution in [1.29, 1.82) is 0 Å². The standard InChI is InChI=1S/C18H16N2O/c21-18(12-11-15-7-2-1-3-8-15)16-9-4-5-10-17(16)20-14-6-13-19-20/h1-10,13-14H,11-12H2. The molecule has 104 valence electrons. The average molecular weight is 276 g/mol. The van der Waals surface area contributed by atoms with Crippen LogP contribution in [0.15, 0.2) is 73.1 Å². The van der Waals surface area contributed by atoms with E-state index in [2.05, 4.69) is 5.10 Å². The first-order valence-corrected chi connectivity index (χ1v) is 7.01. The summed E-state index contributed by atoms with van der Waals surface area (Å²) in [5.41, 5.74) is 2.74. The highest BCUT2D eigenvalue weighted by Gasteiger charge is 2.12. The van der Waals surface area contributed by atoms with Crippen molar-refractivity contribution in [1.82, 2.24) is 9.78 Å². The van der Waals surface area contributed by atoms with Gasteiger partial charge in [-0.1, -0.05) is 42.5 Å². The Morgan fingerprint density at radius 3 is 2.48 bits per heavy atom.